The average molecular weight is 540 g/mol. The van der Waals surface area contributed by atoms with Crippen LogP contribution in [0, 0.1) is 6.92 Å². The first kappa shape index (κ1) is 26.9. The molecule has 33 heavy (non-hydrogen) atoms. The molecule has 1 heterocycles. The molecule has 1 aromatic carbocycles. The van der Waals surface area contributed by atoms with Crippen molar-refractivity contribution < 1.29 is 28.6 Å². The van der Waals surface area contributed by atoms with Gasteiger partial charge in [-0.1, -0.05) is 19.9 Å². The van der Waals surface area contributed by atoms with Crippen molar-refractivity contribution in [2.75, 3.05) is 25.1 Å². The number of benzene rings is 1. The van der Waals surface area contributed by atoms with E-state index in [2.05, 4.69) is 35.1 Å². The zero-order chi connectivity index (χ0) is 24.5. The third-order valence-electron chi connectivity index (χ3n) is 4.77. The van der Waals surface area contributed by atoms with Crippen molar-refractivity contribution in [3.05, 3.63) is 44.2 Å². The zero-order valence-corrected chi connectivity index (χ0v) is 22.0. The molecule has 1 amide bonds. The molecule has 0 fully saturated rings. The summed E-state index contributed by atoms with van der Waals surface area (Å²) in [4.78, 5) is 37.5. The second-order valence-electron chi connectivity index (χ2n) is 7.55. The van der Waals surface area contributed by atoms with Gasteiger partial charge in [0.25, 0.3) is 0 Å². The number of anilines is 1. The Kier molecular flexibility index (Phi) is 10.4. The largest absolute Gasteiger partial charge is 0.492 e. The summed E-state index contributed by atoms with van der Waals surface area (Å²) in [6.45, 7) is 10.0. The lowest BCUT2D eigenvalue weighted by molar-refractivity contribution is -0.116. The molecule has 0 spiro atoms. The summed E-state index contributed by atoms with van der Waals surface area (Å²) in [5.74, 6) is -0.264. The molecule has 1 N–H and O–H groups in total. The van der Waals surface area contributed by atoms with E-state index in [1.807, 2.05) is 18.2 Å². The van der Waals surface area contributed by atoms with Crippen molar-refractivity contribution in [1.29, 1.82) is 0 Å². The quantitative estimate of drug-likeness (QED) is 0.274. The molecule has 0 atom stereocenters. The fourth-order valence-corrected chi connectivity index (χ4v) is 4.66. The second-order valence-corrected chi connectivity index (χ2v) is 9.42. The first-order valence-electron chi connectivity index (χ1n) is 10.9. The van der Waals surface area contributed by atoms with Gasteiger partial charge in [-0.2, -0.15) is 0 Å². The van der Waals surface area contributed by atoms with Crippen molar-refractivity contribution in [3.63, 3.8) is 0 Å². The van der Waals surface area contributed by atoms with Crippen LogP contribution >= 0.6 is 27.3 Å². The molecule has 0 aliphatic carbocycles. The fraction of sp³-hybridized carbons (Fsp3) is 0.458. The van der Waals surface area contributed by atoms with Gasteiger partial charge in [0.2, 0.25) is 5.91 Å². The topological polar surface area (TPSA) is 90.9 Å². The molecule has 0 saturated heterocycles. The number of rotatable bonds is 11. The summed E-state index contributed by atoms with van der Waals surface area (Å²) < 4.78 is 16.8. The lowest BCUT2D eigenvalue weighted by Gasteiger charge is -2.11. The predicted octanol–water partition coefficient (Wildman–Crippen LogP) is 6.09. The highest BCUT2D eigenvalue weighted by molar-refractivity contribution is 9.10. The zero-order valence-electron chi connectivity index (χ0n) is 19.6. The Bertz CT molecular complexity index is 1000. The second kappa shape index (κ2) is 12.7. The van der Waals surface area contributed by atoms with E-state index in [0.717, 1.165) is 21.6 Å². The van der Waals surface area contributed by atoms with Crippen molar-refractivity contribution in [3.8, 4) is 5.75 Å². The molecule has 9 heteroatoms. The Balaban J connectivity index is 2.00. The molecule has 0 unspecified atom stereocenters. The van der Waals surface area contributed by atoms with E-state index in [1.54, 1.807) is 20.8 Å². The highest BCUT2D eigenvalue weighted by atomic mass is 79.9. The Hall–Kier alpha value is -2.39. The van der Waals surface area contributed by atoms with E-state index in [9.17, 15) is 14.4 Å². The lowest BCUT2D eigenvalue weighted by Crippen LogP contribution is -2.15. The van der Waals surface area contributed by atoms with Gasteiger partial charge < -0.3 is 19.5 Å². The summed E-state index contributed by atoms with van der Waals surface area (Å²) >= 11 is 4.54. The summed E-state index contributed by atoms with van der Waals surface area (Å²) in [7, 11) is 0. The molecule has 2 rings (SSSR count). The molecule has 1 aromatic heterocycles. The molecular weight excluding hydrogens is 510 g/mol. The Morgan fingerprint density at radius 2 is 1.76 bits per heavy atom. The van der Waals surface area contributed by atoms with Gasteiger partial charge in [-0.25, -0.2) is 9.59 Å². The minimum Gasteiger partial charge on any atom is -0.492 e. The summed E-state index contributed by atoms with van der Waals surface area (Å²) in [6.07, 6.45) is 0.670. The maximum absolute atomic E-state index is 12.5. The van der Waals surface area contributed by atoms with Crippen LogP contribution in [-0.2, 0) is 14.3 Å². The van der Waals surface area contributed by atoms with Gasteiger partial charge in [0.05, 0.1) is 29.9 Å². The highest BCUT2D eigenvalue weighted by Crippen LogP contribution is 2.34. The number of hydrogen-bond acceptors (Lipinski definition) is 7. The van der Waals surface area contributed by atoms with Gasteiger partial charge in [-0.15, -0.1) is 11.3 Å². The van der Waals surface area contributed by atoms with E-state index >= 15 is 0 Å². The van der Waals surface area contributed by atoms with Crippen LogP contribution in [0.5, 0.6) is 5.75 Å². The molecule has 7 nitrogen and oxygen atoms in total. The van der Waals surface area contributed by atoms with E-state index in [-0.39, 0.29) is 41.0 Å². The number of thiophene rings is 1. The number of ether oxygens (including phenoxy) is 3. The Morgan fingerprint density at radius 3 is 2.36 bits per heavy atom. The van der Waals surface area contributed by atoms with Crippen molar-refractivity contribution in [1.82, 2.24) is 0 Å². The number of carbonyl (C=O) groups is 3. The summed E-state index contributed by atoms with van der Waals surface area (Å²) in [5.41, 5.74) is 1.83. The van der Waals surface area contributed by atoms with Crippen LogP contribution in [0.3, 0.4) is 0 Å². The van der Waals surface area contributed by atoms with Gasteiger partial charge in [0, 0.05) is 6.42 Å². The molecule has 0 saturated carbocycles. The van der Waals surface area contributed by atoms with Crippen LogP contribution in [-0.4, -0.2) is 37.7 Å². The van der Waals surface area contributed by atoms with Gasteiger partial charge in [0.1, 0.15) is 15.6 Å². The number of halogens is 1. The molecule has 0 aliphatic rings. The van der Waals surface area contributed by atoms with Crippen LogP contribution in [0.25, 0.3) is 0 Å². The van der Waals surface area contributed by atoms with E-state index in [1.165, 1.54) is 5.56 Å². The molecular formula is C24H30BrNO6S. The Morgan fingerprint density at radius 1 is 1.09 bits per heavy atom. The number of amides is 1. The number of nitrogens with one attached hydrogen (secondary N) is 1. The van der Waals surface area contributed by atoms with E-state index in [0.29, 0.717) is 24.5 Å². The minimum atomic E-state index is -0.588. The summed E-state index contributed by atoms with van der Waals surface area (Å²) in [6, 6.07) is 5.97. The van der Waals surface area contributed by atoms with Crippen LogP contribution in [0.15, 0.2) is 22.7 Å². The number of esters is 2. The van der Waals surface area contributed by atoms with Crippen LogP contribution in [0.2, 0.25) is 0 Å². The van der Waals surface area contributed by atoms with Crippen LogP contribution in [0.4, 0.5) is 5.00 Å². The molecule has 0 aliphatic heterocycles. The molecule has 0 radical (unpaired) electrons. The fourth-order valence-electron chi connectivity index (χ4n) is 3.04. The number of carbonyl (C=O) groups excluding carboxylic acids is 3. The molecule has 2 aromatic rings. The smallest absolute Gasteiger partial charge is 0.348 e. The minimum absolute atomic E-state index is 0.182. The monoisotopic (exact) mass is 539 g/mol. The van der Waals surface area contributed by atoms with Gasteiger partial charge in [-0.3, -0.25) is 4.79 Å². The Labute approximate surface area is 206 Å². The maximum Gasteiger partial charge on any atom is 0.348 e. The highest BCUT2D eigenvalue weighted by Gasteiger charge is 2.27. The molecule has 180 valence electrons. The van der Waals surface area contributed by atoms with Crippen LogP contribution in [0.1, 0.15) is 77.6 Å². The van der Waals surface area contributed by atoms with Gasteiger partial charge >= 0.3 is 11.9 Å². The van der Waals surface area contributed by atoms with Crippen molar-refractivity contribution in [2.24, 2.45) is 0 Å². The van der Waals surface area contributed by atoms with Gasteiger partial charge in [-0.05, 0) is 72.3 Å². The lowest BCUT2D eigenvalue weighted by atomic mass is 10.0. The normalized spacial score (nSPS) is 10.8. The maximum atomic E-state index is 12.5. The first-order chi connectivity index (χ1) is 15.7. The van der Waals surface area contributed by atoms with Crippen molar-refractivity contribution in [2.45, 2.75) is 53.4 Å². The van der Waals surface area contributed by atoms with Crippen molar-refractivity contribution >= 4 is 50.1 Å². The third kappa shape index (κ3) is 7.30. The van der Waals surface area contributed by atoms with Gasteiger partial charge in [0.15, 0.2) is 0 Å². The van der Waals surface area contributed by atoms with E-state index < -0.39 is 11.9 Å². The first-order valence-corrected chi connectivity index (χ1v) is 12.5. The van der Waals surface area contributed by atoms with E-state index in [4.69, 9.17) is 14.2 Å². The van der Waals surface area contributed by atoms with Crippen LogP contribution < -0.4 is 10.1 Å². The SMILES string of the molecule is CCOC(=O)c1sc(NC(=O)CCCOc2ccc(C(C)C)cc2Br)c(C(=O)OCC)c1C. The number of hydrogen-bond donors (Lipinski definition) is 1. The third-order valence-corrected chi connectivity index (χ3v) is 6.58. The average Bonchev–Trinajstić information content (AvgIpc) is 3.08. The molecule has 0 bridgehead atoms. The summed E-state index contributed by atoms with van der Waals surface area (Å²) in [5, 5.41) is 3.03. The standard InChI is InChI=1S/C24H30BrNO6S/c1-6-30-23(28)20-15(5)21(24(29)31-7-2)33-22(20)26-19(27)9-8-12-32-18-11-10-16(14(3)4)13-17(18)25/h10-11,13-14H,6-9,12H2,1-5H3,(H,26,27). The predicted molar refractivity (Wildman–Crippen MR) is 133 cm³/mol.